The molecule has 5 nitrogen and oxygen atoms in total. The fourth-order valence-corrected chi connectivity index (χ4v) is 1.81. The quantitative estimate of drug-likeness (QED) is 0.413. The summed E-state index contributed by atoms with van der Waals surface area (Å²) < 4.78 is 0. The van der Waals surface area contributed by atoms with Crippen LogP contribution >= 0.6 is 0 Å². The molecule has 5 heteroatoms. The largest absolute Gasteiger partial charge is 0.374 e. The number of aliphatic hydroxyl groups excluding tert-OH is 1. The lowest BCUT2D eigenvalue weighted by molar-refractivity contribution is -0.127. The Morgan fingerprint density at radius 2 is 2.25 bits per heavy atom. The topological polar surface area (TPSA) is 78.4 Å². The van der Waals surface area contributed by atoms with E-state index < -0.39 is 11.8 Å². The van der Waals surface area contributed by atoms with E-state index in [1.54, 1.807) is 0 Å². The summed E-state index contributed by atoms with van der Waals surface area (Å²) >= 11 is 0. The first kappa shape index (κ1) is 7.54. The number of aliphatic hydroxyl groups is 1. The van der Waals surface area contributed by atoms with Gasteiger partial charge in [0, 0.05) is 12.8 Å². The Hall–Kier alpha value is -1.10. The molecule has 0 aromatic heterocycles. The van der Waals surface area contributed by atoms with Crippen molar-refractivity contribution in [1.82, 2.24) is 10.6 Å². The highest BCUT2D eigenvalue weighted by molar-refractivity contribution is 5.96. The summed E-state index contributed by atoms with van der Waals surface area (Å²) in [6.07, 6.45) is 0.350. The number of carbonyl (C=O) groups is 2. The first-order chi connectivity index (χ1) is 5.62. The van der Waals surface area contributed by atoms with Gasteiger partial charge in [-0.3, -0.25) is 9.59 Å². The molecule has 66 valence electrons. The molecule has 0 aromatic carbocycles. The fraction of sp³-hybridized carbons (Fsp3) is 0.714. The van der Waals surface area contributed by atoms with Crippen molar-refractivity contribution in [2.24, 2.45) is 0 Å². The second-order valence-electron chi connectivity index (χ2n) is 3.32. The minimum atomic E-state index is -0.809. The van der Waals surface area contributed by atoms with Gasteiger partial charge >= 0.3 is 0 Å². The molecule has 2 aliphatic heterocycles. The SMILES string of the molecule is O=C1CC[C@]2(CC(O)NC2=O)N1. The predicted molar refractivity (Wildman–Crippen MR) is 38.9 cm³/mol. The van der Waals surface area contributed by atoms with Gasteiger partial charge in [-0.05, 0) is 6.42 Å². The highest BCUT2D eigenvalue weighted by Crippen LogP contribution is 2.29. The Morgan fingerprint density at radius 1 is 1.50 bits per heavy atom. The van der Waals surface area contributed by atoms with Crippen molar-refractivity contribution in [2.45, 2.75) is 31.0 Å². The summed E-state index contributed by atoms with van der Waals surface area (Å²) in [5.74, 6) is -0.375. The molecule has 1 unspecified atom stereocenters. The van der Waals surface area contributed by atoms with E-state index in [0.717, 1.165) is 0 Å². The van der Waals surface area contributed by atoms with Crippen LogP contribution in [0.4, 0.5) is 0 Å². The van der Waals surface area contributed by atoms with Crippen LogP contribution in [0.1, 0.15) is 19.3 Å². The molecule has 2 rings (SSSR count). The average molecular weight is 170 g/mol. The number of hydrogen-bond donors (Lipinski definition) is 3. The van der Waals surface area contributed by atoms with Gasteiger partial charge in [0.25, 0.3) is 0 Å². The Balaban J connectivity index is 2.22. The van der Waals surface area contributed by atoms with Crippen molar-refractivity contribution in [3.63, 3.8) is 0 Å². The molecule has 0 aromatic rings. The van der Waals surface area contributed by atoms with Crippen molar-refractivity contribution in [1.29, 1.82) is 0 Å². The van der Waals surface area contributed by atoms with Crippen molar-refractivity contribution in [3.8, 4) is 0 Å². The molecule has 2 amide bonds. The Kier molecular flexibility index (Phi) is 1.38. The van der Waals surface area contributed by atoms with E-state index >= 15 is 0 Å². The Bertz CT molecular complexity index is 253. The van der Waals surface area contributed by atoms with E-state index in [2.05, 4.69) is 10.6 Å². The molecule has 2 saturated heterocycles. The summed E-state index contributed by atoms with van der Waals surface area (Å²) in [6.45, 7) is 0. The fourth-order valence-electron chi connectivity index (χ4n) is 1.81. The molecule has 2 heterocycles. The second-order valence-corrected chi connectivity index (χ2v) is 3.32. The lowest BCUT2D eigenvalue weighted by Crippen LogP contribution is -2.47. The number of rotatable bonds is 0. The van der Waals surface area contributed by atoms with Crippen LogP contribution < -0.4 is 10.6 Å². The van der Waals surface area contributed by atoms with E-state index in [9.17, 15) is 9.59 Å². The molecule has 0 bridgehead atoms. The highest BCUT2D eigenvalue weighted by Gasteiger charge is 2.50. The zero-order chi connectivity index (χ0) is 8.77. The van der Waals surface area contributed by atoms with Crippen LogP contribution in [-0.2, 0) is 9.59 Å². The normalized spacial score (nSPS) is 40.2. The van der Waals surface area contributed by atoms with Crippen molar-refractivity contribution in [2.75, 3.05) is 0 Å². The van der Waals surface area contributed by atoms with Crippen LogP contribution in [-0.4, -0.2) is 28.7 Å². The Labute approximate surface area is 69.1 Å². The number of amides is 2. The number of carbonyl (C=O) groups excluding carboxylic acids is 2. The van der Waals surface area contributed by atoms with Gasteiger partial charge in [0.1, 0.15) is 11.8 Å². The number of nitrogens with one attached hydrogen (secondary N) is 2. The molecule has 0 radical (unpaired) electrons. The summed E-state index contributed by atoms with van der Waals surface area (Å²) in [7, 11) is 0. The minimum Gasteiger partial charge on any atom is -0.374 e. The van der Waals surface area contributed by atoms with E-state index in [1.807, 2.05) is 0 Å². The standard InChI is InChI=1S/C7H10N2O3/c10-4-1-2-7(9-4)3-5(11)8-6(7)12/h5,11H,1-3H2,(H,8,12)(H,9,10)/t5?,7-/m1/s1. The van der Waals surface area contributed by atoms with Crippen LogP contribution in [0.5, 0.6) is 0 Å². The van der Waals surface area contributed by atoms with E-state index in [-0.39, 0.29) is 18.2 Å². The Morgan fingerprint density at radius 3 is 2.67 bits per heavy atom. The maximum atomic E-state index is 11.3. The van der Waals surface area contributed by atoms with Crippen LogP contribution in [0.15, 0.2) is 0 Å². The average Bonchev–Trinajstić information content (AvgIpc) is 2.43. The molecule has 0 aliphatic carbocycles. The monoisotopic (exact) mass is 170 g/mol. The van der Waals surface area contributed by atoms with Gasteiger partial charge in [-0.2, -0.15) is 0 Å². The third-order valence-corrected chi connectivity index (χ3v) is 2.43. The summed E-state index contributed by atoms with van der Waals surface area (Å²) in [6, 6.07) is 0. The smallest absolute Gasteiger partial charge is 0.247 e. The van der Waals surface area contributed by atoms with Crippen molar-refractivity contribution >= 4 is 11.8 Å². The first-order valence-corrected chi connectivity index (χ1v) is 3.92. The van der Waals surface area contributed by atoms with Gasteiger partial charge in [0.05, 0.1) is 0 Å². The summed E-state index contributed by atoms with van der Waals surface area (Å²) in [5, 5.41) is 14.1. The van der Waals surface area contributed by atoms with E-state index in [0.29, 0.717) is 12.8 Å². The second kappa shape index (κ2) is 2.20. The molecule has 2 aliphatic rings. The molecule has 1 spiro atoms. The maximum Gasteiger partial charge on any atom is 0.247 e. The predicted octanol–water partition coefficient (Wildman–Crippen LogP) is -1.53. The molecular formula is C7H10N2O3. The molecular weight excluding hydrogens is 160 g/mol. The third-order valence-electron chi connectivity index (χ3n) is 2.43. The van der Waals surface area contributed by atoms with E-state index in [1.165, 1.54) is 0 Å². The van der Waals surface area contributed by atoms with Crippen LogP contribution in [0.2, 0.25) is 0 Å². The van der Waals surface area contributed by atoms with Gasteiger partial charge in [-0.25, -0.2) is 0 Å². The first-order valence-electron chi connectivity index (χ1n) is 3.92. The molecule has 0 saturated carbocycles. The molecule has 2 fully saturated rings. The summed E-state index contributed by atoms with van der Waals surface area (Å²) in [5.41, 5.74) is -0.809. The lowest BCUT2D eigenvalue weighted by atomic mass is 9.96. The van der Waals surface area contributed by atoms with Gasteiger partial charge in [-0.15, -0.1) is 0 Å². The van der Waals surface area contributed by atoms with Gasteiger partial charge in [0.15, 0.2) is 0 Å². The minimum absolute atomic E-state index is 0.112. The molecule has 3 N–H and O–H groups in total. The lowest BCUT2D eigenvalue weighted by Gasteiger charge is -2.18. The van der Waals surface area contributed by atoms with E-state index in [4.69, 9.17) is 5.11 Å². The molecule has 12 heavy (non-hydrogen) atoms. The zero-order valence-electron chi connectivity index (χ0n) is 6.46. The highest BCUT2D eigenvalue weighted by atomic mass is 16.3. The maximum absolute atomic E-state index is 11.3. The number of hydrogen-bond acceptors (Lipinski definition) is 3. The van der Waals surface area contributed by atoms with Gasteiger partial charge < -0.3 is 15.7 Å². The van der Waals surface area contributed by atoms with Crippen LogP contribution in [0.3, 0.4) is 0 Å². The third kappa shape index (κ3) is 0.896. The van der Waals surface area contributed by atoms with Gasteiger partial charge in [-0.1, -0.05) is 0 Å². The summed E-state index contributed by atoms with van der Waals surface area (Å²) in [4.78, 5) is 22.2. The zero-order valence-corrected chi connectivity index (χ0v) is 6.46. The molecule has 2 atom stereocenters. The van der Waals surface area contributed by atoms with Crippen LogP contribution in [0, 0.1) is 0 Å². The van der Waals surface area contributed by atoms with Crippen molar-refractivity contribution < 1.29 is 14.7 Å². The van der Waals surface area contributed by atoms with Gasteiger partial charge in [0.2, 0.25) is 11.8 Å². The van der Waals surface area contributed by atoms with Crippen molar-refractivity contribution in [3.05, 3.63) is 0 Å². The van der Waals surface area contributed by atoms with Crippen LogP contribution in [0.25, 0.3) is 0 Å².